The van der Waals surface area contributed by atoms with Crippen LogP contribution in [-0.4, -0.2) is 44.1 Å². The van der Waals surface area contributed by atoms with Crippen LogP contribution in [0.3, 0.4) is 0 Å². The highest BCUT2D eigenvalue weighted by molar-refractivity contribution is 6.39. The number of ether oxygens (including phenoxy) is 3. The summed E-state index contributed by atoms with van der Waals surface area (Å²) in [6.45, 7) is 6.15. The number of imide groups is 2. The summed E-state index contributed by atoms with van der Waals surface area (Å²) < 4.78 is 16.6. The monoisotopic (exact) mass is 557 g/mol. The van der Waals surface area contributed by atoms with E-state index in [2.05, 4.69) is 10.6 Å². The lowest BCUT2D eigenvalue weighted by molar-refractivity contribution is -0.122. The number of urea groups is 1. The van der Waals surface area contributed by atoms with Crippen LogP contribution >= 0.6 is 0 Å². The third-order valence-corrected chi connectivity index (χ3v) is 6.41. The van der Waals surface area contributed by atoms with E-state index >= 15 is 0 Å². The Balaban J connectivity index is 1.45. The van der Waals surface area contributed by atoms with Gasteiger partial charge in [-0.2, -0.15) is 0 Å². The number of hydrogen-bond acceptors (Lipinski definition) is 7. The van der Waals surface area contributed by atoms with Gasteiger partial charge in [0, 0.05) is 11.8 Å². The molecule has 1 aliphatic rings. The maximum absolute atomic E-state index is 13.3. The van der Waals surface area contributed by atoms with Crippen LogP contribution in [0.4, 0.5) is 16.2 Å². The number of aryl methyl sites for hydroxylation is 1. The van der Waals surface area contributed by atoms with Crippen LogP contribution in [0.2, 0.25) is 0 Å². The van der Waals surface area contributed by atoms with Crippen molar-refractivity contribution in [3.05, 3.63) is 82.9 Å². The molecule has 0 atom stereocenters. The summed E-state index contributed by atoms with van der Waals surface area (Å²) in [6, 6.07) is 15.9. The SMILES string of the molecule is CCCOc1ccc(N2C(=O)NC(=O)/C(=C/c3ccc(OCC(=O)Nc4cccc(C)c4C)cc3)C2=O)cc1OC. The van der Waals surface area contributed by atoms with Crippen molar-refractivity contribution >= 4 is 41.2 Å². The fraction of sp³-hybridized carbons (Fsp3) is 0.226. The lowest BCUT2D eigenvalue weighted by Crippen LogP contribution is -2.54. The molecule has 1 heterocycles. The first kappa shape index (κ1) is 28.9. The van der Waals surface area contributed by atoms with E-state index in [4.69, 9.17) is 14.2 Å². The molecule has 0 aromatic heterocycles. The average molecular weight is 558 g/mol. The lowest BCUT2D eigenvalue weighted by Gasteiger charge is -2.27. The smallest absolute Gasteiger partial charge is 0.335 e. The maximum Gasteiger partial charge on any atom is 0.335 e. The van der Waals surface area contributed by atoms with Gasteiger partial charge in [-0.1, -0.05) is 31.2 Å². The number of methoxy groups -OCH3 is 1. The zero-order valence-corrected chi connectivity index (χ0v) is 23.3. The molecule has 0 radical (unpaired) electrons. The van der Waals surface area contributed by atoms with Crippen LogP contribution in [0.1, 0.15) is 30.0 Å². The number of carbonyl (C=O) groups is 4. The van der Waals surface area contributed by atoms with E-state index < -0.39 is 17.8 Å². The van der Waals surface area contributed by atoms with Crippen LogP contribution in [0.25, 0.3) is 6.08 Å². The largest absolute Gasteiger partial charge is 0.493 e. The topological polar surface area (TPSA) is 123 Å². The molecule has 10 heteroatoms. The van der Waals surface area contributed by atoms with E-state index in [1.807, 2.05) is 39.0 Å². The van der Waals surface area contributed by atoms with Crippen molar-refractivity contribution in [2.45, 2.75) is 27.2 Å². The van der Waals surface area contributed by atoms with Gasteiger partial charge in [0.2, 0.25) is 0 Å². The second-order valence-corrected chi connectivity index (χ2v) is 9.29. The summed E-state index contributed by atoms with van der Waals surface area (Å²) in [5.74, 6) is -0.657. The van der Waals surface area contributed by atoms with E-state index in [0.717, 1.165) is 28.1 Å². The highest BCUT2D eigenvalue weighted by Gasteiger charge is 2.37. The lowest BCUT2D eigenvalue weighted by atomic mass is 10.1. The van der Waals surface area contributed by atoms with Gasteiger partial charge in [0.25, 0.3) is 17.7 Å². The Hall–Kier alpha value is -5.12. The highest BCUT2D eigenvalue weighted by atomic mass is 16.5. The minimum absolute atomic E-state index is 0.197. The highest BCUT2D eigenvalue weighted by Crippen LogP contribution is 2.33. The van der Waals surface area contributed by atoms with E-state index in [-0.39, 0.29) is 23.8 Å². The van der Waals surface area contributed by atoms with Crippen LogP contribution in [0.5, 0.6) is 17.2 Å². The molecular formula is C31H31N3O7. The van der Waals surface area contributed by atoms with Crippen LogP contribution < -0.4 is 29.7 Å². The summed E-state index contributed by atoms with van der Waals surface area (Å²) in [7, 11) is 1.45. The Morgan fingerprint density at radius 2 is 1.73 bits per heavy atom. The predicted molar refractivity (Wildman–Crippen MR) is 154 cm³/mol. The molecule has 41 heavy (non-hydrogen) atoms. The Bertz CT molecular complexity index is 1510. The summed E-state index contributed by atoms with van der Waals surface area (Å²) in [6.07, 6.45) is 2.18. The van der Waals surface area contributed by atoms with Crippen molar-refractivity contribution in [1.29, 1.82) is 0 Å². The quantitative estimate of drug-likeness (QED) is 0.272. The number of nitrogens with zero attached hydrogens (tertiary/aromatic N) is 1. The van der Waals surface area contributed by atoms with Gasteiger partial charge in [-0.25, -0.2) is 9.69 Å². The molecule has 0 saturated carbocycles. The number of rotatable bonds is 10. The molecule has 1 saturated heterocycles. The van der Waals surface area contributed by atoms with Gasteiger partial charge >= 0.3 is 6.03 Å². The van der Waals surface area contributed by atoms with Crippen molar-refractivity contribution < 1.29 is 33.4 Å². The van der Waals surface area contributed by atoms with Gasteiger partial charge in [-0.05, 0) is 73.4 Å². The van der Waals surface area contributed by atoms with Crippen LogP contribution in [0, 0.1) is 13.8 Å². The molecule has 10 nitrogen and oxygen atoms in total. The molecule has 4 rings (SSSR count). The first-order valence-corrected chi connectivity index (χ1v) is 13.0. The van der Waals surface area contributed by atoms with Gasteiger partial charge < -0.3 is 19.5 Å². The third kappa shape index (κ3) is 6.73. The van der Waals surface area contributed by atoms with Gasteiger partial charge in [0.15, 0.2) is 18.1 Å². The van der Waals surface area contributed by atoms with Gasteiger partial charge in [-0.3, -0.25) is 19.7 Å². The van der Waals surface area contributed by atoms with E-state index in [0.29, 0.717) is 29.4 Å². The summed E-state index contributed by atoms with van der Waals surface area (Å²) in [4.78, 5) is 51.7. The van der Waals surface area contributed by atoms with Gasteiger partial charge in [0.1, 0.15) is 11.3 Å². The maximum atomic E-state index is 13.3. The molecule has 0 unspecified atom stereocenters. The zero-order chi connectivity index (χ0) is 29.5. The first-order valence-electron chi connectivity index (χ1n) is 13.0. The van der Waals surface area contributed by atoms with Crippen LogP contribution in [0.15, 0.2) is 66.2 Å². The fourth-order valence-electron chi connectivity index (χ4n) is 4.07. The fourth-order valence-corrected chi connectivity index (χ4v) is 4.07. The number of anilines is 2. The van der Waals surface area contributed by atoms with Gasteiger partial charge in [-0.15, -0.1) is 0 Å². The van der Waals surface area contributed by atoms with E-state index in [1.54, 1.807) is 36.4 Å². The Morgan fingerprint density at radius 3 is 2.44 bits per heavy atom. The Labute approximate surface area is 237 Å². The minimum Gasteiger partial charge on any atom is -0.493 e. The molecular weight excluding hydrogens is 526 g/mol. The Kier molecular flexibility index (Phi) is 9.03. The van der Waals surface area contributed by atoms with Gasteiger partial charge in [0.05, 0.1) is 19.4 Å². The molecule has 0 spiro atoms. The zero-order valence-electron chi connectivity index (χ0n) is 23.3. The predicted octanol–water partition coefficient (Wildman–Crippen LogP) is 4.78. The van der Waals surface area contributed by atoms with Crippen molar-refractivity contribution in [2.75, 3.05) is 30.5 Å². The minimum atomic E-state index is -0.871. The number of barbiturate groups is 1. The molecule has 0 bridgehead atoms. The number of carbonyl (C=O) groups excluding carboxylic acids is 4. The second-order valence-electron chi connectivity index (χ2n) is 9.29. The molecule has 2 N–H and O–H groups in total. The van der Waals surface area contributed by atoms with Crippen LogP contribution in [-0.2, 0) is 14.4 Å². The number of nitrogens with one attached hydrogen (secondary N) is 2. The molecule has 0 aliphatic carbocycles. The number of hydrogen-bond donors (Lipinski definition) is 2. The number of amides is 5. The molecule has 1 fully saturated rings. The number of benzene rings is 3. The van der Waals surface area contributed by atoms with E-state index in [9.17, 15) is 19.2 Å². The van der Waals surface area contributed by atoms with Crippen molar-refractivity contribution in [2.24, 2.45) is 0 Å². The molecule has 3 aromatic rings. The Morgan fingerprint density at radius 1 is 0.976 bits per heavy atom. The van der Waals surface area contributed by atoms with Crippen molar-refractivity contribution in [3.63, 3.8) is 0 Å². The average Bonchev–Trinajstić information content (AvgIpc) is 2.96. The first-order chi connectivity index (χ1) is 19.7. The normalized spacial score (nSPS) is 14.1. The molecule has 5 amide bonds. The van der Waals surface area contributed by atoms with Crippen molar-refractivity contribution in [3.8, 4) is 17.2 Å². The third-order valence-electron chi connectivity index (χ3n) is 6.41. The summed E-state index contributed by atoms with van der Waals surface area (Å²) in [5, 5.41) is 5.04. The standard InChI is InChI=1S/C31H31N3O7/c1-5-15-40-26-14-11-22(17-27(26)39-4)34-30(37)24(29(36)33-31(34)38)16-21-9-12-23(13-10-21)41-18-28(35)32-25-8-6-7-19(2)20(25)3/h6-14,16-17H,5,15,18H2,1-4H3,(H,32,35)(H,33,36,38)/b24-16-. The van der Waals surface area contributed by atoms with Crippen molar-refractivity contribution in [1.82, 2.24) is 5.32 Å². The molecule has 212 valence electrons. The summed E-state index contributed by atoms with van der Waals surface area (Å²) in [5.41, 5.74) is 3.29. The van der Waals surface area contributed by atoms with E-state index in [1.165, 1.54) is 19.3 Å². The molecule has 1 aliphatic heterocycles. The second kappa shape index (κ2) is 12.8. The molecule has 3 aromatic carbocycles. The summed E-state index contributed by atoms with van der Waals surface area (Å²) >= 11 is 0.